The molecule has 0 atom stereocenters. The number of aromatic nitrogens is 3. The van der Waals surface area contributed by atoms with Crippen LogP contribution in [0.3, 0.4) is 0 Å². The molecule has 2 aromatic heterocycles. The molecule has 0 fully saturated rings. The average molecular weight is 470 g/mol. The van der Waals surface area contributed by atoms with Crippen LogP contribution in [-0.4, -0.2) is 45.9 Å². The third-order valence-electron chi connectivity index (χ3n) is 5.32. The Kier molecular flexibility index (Phi) is 6.55. The molecule has 1 aliphatic rings. The van der Waals surface area contributed by atoms with E-state index in [1.165, 1.54) is 13.2 Å². The molecule has 3 heterocycles. The second-order valence-corrected chi connectivity index (χ2v) is 8.53. The Morgan fingerprint density at radius 1 is 1.18 bits per heavy atom. The summed E-state index contributed by atoms with van der Waals surface area (Å²) in [5, 5.41) is 0.281. The summed E-state index contributed by atoms with van der Waals surface area (Å²) in [6, 6.07) is 8.92. The van der Waals surface area contributed by atoms with Crippen molar-refractivity contribution >= 4 is 23.5 Å². The monoisotopic (exact) mass is 469 g/mol. The summed E-state index contributed by atoms with van der Waals surface area (Å²) in [6.07, 6.45) is -0.108. The number of ketones is 1. The second-order valence-electron chi connectivity index (χ2n) is 7.57. The summed E-state index contributed by atoms with van der Waals surface area (Å²) in [5.41, 5.74) is 3.39. The number of benzene rings is 1. The number of nitrogens with one attached hydrogen (secondary N) is 1. The van der Waals surface area contributed by atoms with E-state index in [0.29, 0.717) is 17.8 Å². The molecule has 0 radical (unpaired) electrons. The zero-order valence-electron chi connectivity index (χ0n) is 18.5. The van der Waals surface area contributed by atoms with Crippen LogP contribution in [0.4, 0.5) is 0 Å². The van der Waals surface area contributed by atoms with Gasteiger partial charge in [-0.3, -0.25) is 14.4 Å². The fraction of sp³-hybridized carbons (Fsp3) is 0.304. The van der Waals surface area contributed by atoms with Crippen molar-refractivity contribution in [1.29, 1.82) is 0 Å². The smallest absolute Gasteiger partial charge is 0.311 e. The first kappa shape index (κ1) is 22.7. The number of carbonyl (C=O) groups excluding carboxylic acids is 2. The average Bonchev–Trinajstić information content (AvgIpc) is 3.36. The summed E-state index contributed by atoms with van der Waals surface area (Å²) in [7, 11) is 1.27. The molecule has 1 aliphatic heterocycles. The van der Waals surface area contributed by atoms with Crippen LogP contribution < -0.4 is 15.0 Å². The minimum absolute atomic E-state index is 0.0777. The first-order valence-corrected chi connectivity index (χ1v) is 11.2. The van der Waals surface area contributed by atoms with Crippen molar-refractivity contribution in [1.82, 2.24) is 14.5 Å². The number of carbonyl (C=O) groups is 2. The van der Waals surface area contributed by atoms with Crippen LogP contribution in [0.1, 0.15) is 33.0 Å². The lowest BCUT2D eigenvalue weighted by molar-refractivity contribution is -0.139. The van der Waals surface area contributed by atoms with Gasteiger partial charge in [-0.05, 0) is 37.6 Å². The molecule has 0 saturated heterocycles. The van der Waals surface area contributed by atoms with Crippen LogP contribution in [0, 0.1) is 13.8 Å². The number of Topliss-reactive ketones (excluding diaryl/α,β-unsaturated/α-hetero) is 1. The van der Waals surface area contributed by atoms with Crippen LogP contribution in [0.2, 0.25) is 0 Å². The molecular formula is C23H23N3O6S. The first-order valence-electron chi connectivity index (χ1n) is 10.2. The number of thioether (sulfide) groups is 1. The Bertz CT molecular complexity index is 1280. The van der Waals surface area contributed by atoms with E-state index in [4.69, 9.17) is 9.47 Å². The summed E-state index contributed by atoms with van der Waals surface area (Å²) in [5.74, 6) is 0.980. The van der Waals surface area contributed by atoms with Gasteiger partial charge in [0.25, 0.3) is 5.56 Å². The zero-order valence-corrected chi connectivity index (χ0v) is 19.3. The van der Waals surface area contributed by atoms with E-state index in [-0.39, 0.29) is 35.5 Å². The third-order valence-corrected chi connectivity index (χ3v) is 6.19. The van der Waals surface area contributed by atoms with Crippen molar-refractivity contribution in [2.75, 3.05) is 19.7 Å². The number of methoxy groups -OCH3 is 1. The molecule has 0 amide bonds. The predicted octanol–water partition coefficient (Wildman–Crippen LogP) is 2.66. The Morgan fingerprint density at radius 2 is 1.97 bits per heavy atom. The van der Waals surface area contributed by atoms with Crippen LogP contribution in [0.5, 0.6) is 11.5 Å². The van der Waals surface area contributed by atoms with E-state index in [9.17, 15) is 14.4 Å². The lowest BCUT2D eigenvalue weighted by Crippen LogP contribution is -2.14. The van der Waals surface area contributed by atoms with Crippen molar-refractivity contribution in [3.63, 3.8) is 0 Å². The number of hydrogen-bond acceptors (Lipinski definition) is 8. The molecule has 0 aliphatic carbocycles. The summed E-state index contributed by atoms with van der Waals surface area (Å²) < 4.78 is 17.5. The van der Waals surface area contributed by atoms with E-state index in [1.807, 2.05) is 38.1 Å². The fourth-order valence-corrected chi connectivity index (χ4v) is 4.40. The van der Waals surface area contributed by atoms with Crippen molar-refractivity contribution in [3.05, 3.63) is 68.9 Å². The van der Waals surface area contributed by atoms with Crippen LogP contribution in [0.15, 0.2) is 40.3 Å². The van der Waals surface area contributed by atoms with Gasteiger partial charge in [-0.25, -0.2) is 4.98 Å². The van der Waals surface area contributed by atoms with E-state index in [0.717, 1.165) is 40.2 Å². The number of hydrogen-bond donors (Lipinski definition) is 1. The van der Waals surface area contributed by atoms with Gasteiger partial charge < -0.3 is 23.8 Å². The van der Waals surface area contributed by atoms with E-state index >= 15 is 0 Å². The molecule has 4 rings (SSSR count). The number of H-pyrrole nitrogens is 1. The number of nitrogens with zero attached hydrogens (tertiary/aromatic N) is 2. The minimum atomic E-state index is -0.491. The van der Waals surface area contributed by atoms with Gasteiger partial charge in [0.15, 0.2) is 22.4 Å². The highest BCUT2D eigenvalue weighted by atomic mass is 32.2. The van der Waals surface area contributed by atoms with Crippen molar-refractivity contribution in [2.24, 2.45) is 0 Å². The standard InChI is InChI=1S/C23H23N3O6S/c1-13-6-17(14(2)26(13)10-15-4-5-19-20(7-15)32-12-31-19)18(27)11-33-23-24-16(8-21(28)25-23)9-22(29)30-3/h4-8H,9-12H2,1-3H3,(H,24,25,28). The Morgan fingerprint density at radius 3 is 2.76 bits per heavy atom. The highest BCUT2D eigenvalue weighted by Gasteiger charge is 2.18. The quantitative estimate of drug-likeness (QED) is 0.232. The van der Waals surface area contributed by atoms with Gasteiger partial charge in [-0.2, -0.15) is 0 Å². The van der Waals surface area contributed by atoms with Gasteiger partial charge in [-0.1, -0.05) is 17.8 Å². The number of esters is 1. The largest absolute Gasteiger partial charge is 0.469 e. The van der Waals surface area contributed by atoms with Crippen molar-refractivity contribution < 1.29 is 23.8 Å². The number of aromatic amines is 1. The van der Waals surface area contributed by atoms with E-state index in [1.54, 1.807) is 0 Å². The summed E-state index contributed by atoms with van der Waals surface area (Å²) in [4.78, 5) is 43.1. The maximum absolute atomic E-state index is 12.9. The molecule has 1 N–H and O–H groups in total. The topological polar surface area (TPSA) is 113 Å². The third kappa shape index (κ3) is 5.11. The molecule has 0 unspecified atom stereocenters. The van der Waals surface area contributed by atoms with Gasteiger partial charge in [0, 0.05) is 29.6 Å². The molecule has 10 heteroatoms. The molecule has 0 bridgehead atoms. The Hall–Kier alpha value is -3.53. The number of rotatable bonds is 8. The van der Waals surface area contributed by atoms with Gasteiger partial charge in [0.1, 0.15) is 0 Å². The lowest BCUT2D eigenvalue weighted by Gasteiger charge is -2.11. The SMILES string of the molecule is COC(=O)Cc1cc(=O)[nH]c(SCC(=O)c2cc(C)n(Cc3ccc4c(c3)OCO4)c2C)n1. The number of aryl methyl sites for hydroxylation is 1. The van der Waals surface area contributed by atoms with Crippen LogP contribution in [-0.2, 0) is 22.5 Å². The van der Waals surface area contributed by atoms with Gasteiger partial charge in [0.05, 0.1) is 25.0 Å². The highest BCUT2D eigenvalue weighted by molar-refractivity contribution is 7.99. The van der Waals surface area contributed by atoms with Crippen molar-refractivity contribution in [3.8, 4) is 11.5 Å². The first-order chi connectivity index (χ1) is 15.8. The summed E-state index contributed by atoms with van der Waals surface area (Å²) in [6.45, 7) is 4.69. The normalized spacial score (nSPS) is 12.1. The molecule has 0 spiro atoms. The minimum Gasteiger partial charge on any atom is -0.469 e. The van der Waals surface area contributed by atoms with Crippen LogP contribution >= 0.6 is 11.8 Å². The Labute approximate surface area is 194 Å². The zero-order chi connectivity index (χ0) is 23.5. The summed E-state index contributed by atoms with van der Waals surface area (Å²) >= 11 is 1.12. The Balaban J connectivity index is 1.46. The van der Waals surface area contributed by atoms with Crippen LogP contribution in [0.25, 0.3) is 0 Å². The highest BCUT2D eigenvalue weighted by Crippen LogP contribution is 2.33. The van der Waals surface area contributed by atoms with Crippen molar-refractivity contribution in [2.45, 2.75) is 32.0 Å². The van der Waals surface area contributed by atoms with Gasteiger partial charge >= 0.3 is 5.97 Å². The molecule has 172 valence electrons. The molecule has 1 aromatic carbocycles. The molecule has 0 saturated carbocycles. The van der Waals surface area contributed by atoms with E-state index < -0.39 is 5.97 Å². The van der Waals surface area contributed by atoms with E-state index in [2.05, 4.69) is 19.3 Å². The molecule has 9 nitrogen and oxygen atoms in total. The number of ether oxygens (including phenoxy) is 3. The fourth-order valence-electron chi connectivity index (χ4n) is 3.62. The van der Waals surface area contributed by atoms with Gasteiger partial charge in [-0.15, -0.1) is 0 Å². The number of fused-ring (bicyclic) bond motifs is 1. The molecular weight excluding hydrogens is 446 g/mol. The maximum atomic E-state index is 12.9. The molecule has 3 aromatic rings. The van der Waals surface area contributed by atoms with Gasteiger partial charge in [0.2, 0.25) is 6.79 Å². The second kappa shape index (κ2) is 9.53. The lowest BCUT2D eigenvalue weighted by atomic mass is 10.1. The maximum Gasteiger partial charge on any atom is 0.311 e. The predicted molar refractivity (Wildman–Crippen MR) is 121 cm³/mol. The molecule has 33 heavy (non-hydrogen) atoms.